The molecule has 0 spiro atoms. The van der Waals surface area contributed by atoms with Crippen LogP contribution in [0.3, 0.4) is 0 Å². The lowest BCUT2D eigenvalue weighted by atomic mass is 9.45. The molecule has 0 aromatic rings. The van der Waals surface area contributed by atoms with E-state index in [1.807, 2.05) is 0 Å². The summed E-state index contributed by atoms with van der Waals surface area (Å²) >= 11 is 0. The van der Waals surface area contributed by atoms with Crippen LogP contribution < -0.4 is 0 Å². The van der Waals surface area contributed by atoms with Crippen LogP contribution in [-0.2, 0) is 9.59 Å². The van der Waals surface area contributed by atoms with Crippen LogP contribution in [0.4, 0.5) is 0 Å². The van der Waals surface area contributed by atoms with Gasteiger partial charge in [-0.15, -0.1) is 0 Å². The van der Waals surface area contributed by atoms with Crippen LogP contribution in [0.25, 0.3) is 0 Å². The summed E-state index contributed by atoms with van der Waals surface area (Å²) in [6.45, 7) is 4.51. The third kappa shape index (κ3) is 1.90. The third-order valence-corrected chi connectivity index (χ3v) is 7.90. The average molecular weight is 304 g/mol. The monoisotopic (exact) mass is 304 g/mol. The van der Waals surface area contributed by atoms with Gasteiger partial charge in [0, 0.05) is 25.2 Å². The summed E-state index contributed by atoms with van der Waals surface area (Å²) in [5.41, 5.74) is 0.0497. The molecule has 4 rings (SSSR count). The second-order valence-electron chi connectivity index (χ2n) is 9.16. The number of aliphatic hydroxyl groups excluding tert-OH is 1. The van der Waals surface area contributed by atoms with Gasteiger partial charge in [0.25, 0.3) is 0 Å². The first-order valence-corrected chi connectivity index (χ1v) is 9.06. The van der Waals surface area contributed by atoms with Crippen molar-refractivity contribution in [3.8, 4) is 0 Å². The third-order valence-electron chi connectivity index (χ3n) is 7.90. The molecule has 7 atom stereocenters. The first-order chi connectivity index (χ1) is 10.3. The van der Waals surface area contributed by atoms with Crippen molar-refractivity contribution < 1.29 is 14.7 Å². The van der Waals surface area contributed by atoms with Gasteiger partial charge in [-0.2, -0.15) is 0 Å². The SMILES string of the molecule is CC12CC(=O)C3C(CC[C@H]4CC(=O)CCC34C)C1CC(O)C2. The summed E-state index contributed by atoms with van der Waals surface area (Å²) in [5, 5.41) is 10.2. The zero-order valence-corrected chi connectivity index (χ0v) is 13.8. The molecule has 3 heteroatoms. The average Bonchev–Trinajstić information content (AvgIpc) is 2.73. The van der Waals surface area contributed by atoms with Crippen molar-refractivity contribution in [3.63, 3.8) is 0 Å². The fourth-order valence-electron chi connectivity index (χ4n) is 6.91. The normalized spacial score (nSPS) is 54.6. The maximum Gasteiger partial charge on any atom is 0.137 e. The molecule has 6 unspecified atom stereocenters. The van der Waals surface area contributed by atoms with E-state index in [0.717, 1.165) is 32.1 Å². The summed E-state index contributed by atoms with van der Waals surface area (Å²) in [7, 11) is 0. The van der Waals surface area contributed by atoms with E-state index in [4.69, 9.17) is 0 Å². The molecule has 4 fully saturated rings. The van der Waals surface area contributed by atoms with Gasteiger partial charge in [0.15, 0.2) is 0 Å². The molecular weight excluding hydrogens is 276 g/mol. The van der Waals surface area contributed by atoms with Crippen LogP contribution in [0.5, 0.6) is 0 Å². The summed E-state index contributed by atoms with van der Waals surface area (Å²) in [5.74, 6) is 2.32. The van der Waals surface area contributed by atoms with Gasteiger partial charge in [-0.1, -0.05) is 13.8 Å². The Kier molecular flexibility index (Phi) is 3.15. The molecule has 0 heterocycles. The highest BCUT2D eigenvalue weighted by Gasteiger charge is 2.62. The topological polar surface area (TPSA) is 54.4 Å². The second-order valence-corrected chi connectivity index (χ2v) is 9.16. The Morgan fingerprint density at radius 3 is 2.73 bits per heavy atom. The molecule has 0 aromatic heterocycles. The Balaban J connectivity index is 1.70. The van der Waals surface area contributed by atoms with Crippen molar-refractivity contribution in [3.05, 3.63) is 0 Å². The van der Waals surface area contributed by atoms with Crippen LogP contribution >= 0.6 is 0 Å². The van der Waals surface area contributed by atoms with Gasteiger partial charge >= 0.3 is 0 Å². The second kappa shape index (κ2) is 4.66. The molecule has 0 amide bonds. The smallest absolute Gasteiger partial charge is 0.137 e. The van der Waals surface area contributed by atoms with Gasteiger partial charge < -0.3 is 5.11 Å². The van der Waals surface area contributed by atoms with Crippen LogP contribution in [0, 0.1) is 34.5 Å². The van der Waals surface area contributed by atoms with Crippen molar-refractivity contribution in [2.24, 2.45) is 34.5 Å². The molecule has 4 saturated carbocycles. The van der Waals surface area contributed by atoms with Gasteiger partial charge in [0.2, 0.25) is 0 Å². The molecule has 4 aliphatic carbocycles. The number of ketones is 2. The molecule has 1 N–H and O–H groups in total. The predicted octanol–water partition coefficient (Wildman–Crippen LogP) is 3.14. The minimum Gasteiger partial charge on any atom is -0.393 e. The van der Waals surface area contributed by atoms with E-state index in [-0.39, 0.29) is 22.9 Å². The van der Waals surface area contributed by atoms with E-state index in [2.05, 4.69) is 13.8 Å². The molecule has 0 aromatic carbocycles. The zero-order chi connectivity index (χ0) is 15.7. The Morgan fingerprint density at radius 2 is 1.95 bits per heavy atom. The van der Waals surface area contributed by atoms with Crippen LogP contribution in [-0.4, -0.2) is 22.8 Å². The van der Waals surface area contributed by atoms with Gasteiger partial charge in [-0.25, -0.2) is 0 Å². The molecule has 4 aliphatic rings. The number of carbonyl (C=O) groups excluding carboxylic acids is 2. The van der Waals surface area contributed by atoms with Gasteiger partial charge in [-0.3, -0.25) is 9.59 Å². The number of hydrogen-bond donors (Lipinski definition) is 1. The number of carbonyl (C=O) groups is 2. The Morgan fingerprint density at radius 1 is 1.18 bits per heavy atom. The number of fused-ring (bicyclic) bond motifs is 5. The Labute approximate surface area is 132 Å². The van der Waals surface area contributed by atoms with Crippen LogP contribution in [0.1, 0.15) is 65.2 Å². The van der Waals surface area contributed by atoms with E-state index < -0.39 is 0 Å². The molecule has 3 nitrogen and oxygen atoms in total. The van der Waals surface area contributed by atoms with Gasteiger partial charge in [0.05, 0.1) is 6.10 Å². The highest BCUT2D eigenvalue weighted by Crippen LogP contribution is 2.64. The zero-order valence-electron chi connectivity index (χ0n) is 13.8. The summed E-state index contributed by atoms with van der Waals surface area (Å²) < 4.78 is 0. The van der Waals surface area contributed by atoms with E-state index >= 15 is 0 Å². The molecule has 122 valence electrons. The standard InChI is InChI=1S/C19H28O3/c1-18-9-13(21)8-15(18)14-4-3-11-7-12(20)5-6-19(11,2)17(14)16(22)10-18/h11,13-15,17,21H,3-10H2,1-2H3/t11-,13?,14?,15?,17?,18?,19?/m0/s1. The van der Waals surface area contributed by atoms with Crippen LogP contribution in [0.15, 0.2) is 0 Å². The lowest BCUT2D eigenvalue weighted by molar-refractivity contribution is -0.158. The van der Waals surface area contributed by atoms with Gasteiger partial charge in [0.1, 0.15) is 11.6 Å². The van der Waals surface area contributed by atoms with Crippen molar-refractivity contribution in [2.45, 2.75) is 71.3 Å². The Bertz CT molecular complexity index is 527. The number of hydrogen-bond acceptors (Lipinski definition) is 3. The molecule has 22 heavy (non-hydrogen) atoms. The van der Waals surface area contributed by atoms with Crippen molar-refractivity contribution >= 4 is 11.6 Å². The first-order valence-electron chi connectivity index (χ1n) is 9.06. The maximum absolute atomic E-state index is 13.1. The quantitative estimate of drug-likeness (QED) is 0.748. The van der Waals surface area contributed by atoms with Crippen LogP contribution in [0.2, 0.25) is 0 Å². The van der Waals surface area contributed by atoms with Crippen molar-refractivity contribution in [2.75, 3.05) is 0 Å². The van der Waals surface area contributed by atoms with E-state index in [1.165, 1.54) is 0 Å². The van der Waals surface area contributed by atoms with E-state index in [0.29, 0.717) is 48.6 Å². The fraction of sp³-hybridized carbons (Fsp3) is 0.895. The lowest BCUT2D eigenvalue weighted by Crippen LogP contribution is -2.56. The van der Waals surface area contributed by atoms with E-state index in [9.17, 15) is 14.7 Å². The lowest BCUT2D eigenvalue weighted by Gasteiger charge is -2.58. The first kappa shape index (κ1) is 14.9. The molecule has 0 radical (unpaired) electrons. The summed E-state index contributed by atoms with van der Waals surface area (Å²) in [6.07, 6.45) is 6.53. The highest BCUT2D eigenvalue weighted by molar-refractivity contribution is 5.85. The molecule has 0 saturated heterocycles. The predicted molar refractivity (Wildman–Crippen MR) is 83.1 cm³/mol. The maximum atomic E-state index is 13.1. The van der Waals surface area contributed by atoms with Gasteiger partial charge in [-0.05, 0) is 60.7 Å². The Hall–Kier alpha value is -0.700. The fourth-order valence-corrected chi connectivity index (χ4v) is 6.91. The molecule has 0 aliphatic heterocycles. The van der Waals surface area contributed by atoms with E-state index in [1.54, 1.807) is 0 Å². The largest absolute Gasteiger partial charge is 0.393 e. The minimum absolute atomic E-state index is 0.0192. The summed E-state index contributed by atoms with van der Waals surface area (Å²) in [6, 6.07) is 0. The van der Waals surface area contributed by atoms with Crippen molar-refractivity contribution in [1.82, 2.24) is 0 Å². The number of rotatable bonds is 0. The number of Topliss-reactive ketones (excluding diaryl/α,β-unsaturated/α-hetero) is 2. The number of aliphatic hydroxyl groups is 1. The highest BCUT2D eigenvalue weighted by atomic mass is 16.3. The summed E-state index contributed by atoms with van der Waals surface area (Å²) in [4.78, 5) is 24.9. The molecular formula is C19H28O3. The van der Waals surface area contributed by atoms with Crippen molar-refractivity contribution in [1.29, 1.82) is 0 Å². The molecule has 0 bridgehead atoms. The minimum atomic E-state index is -0.222.